The molecular weight excluding hydrogens is 586 g/mol. The van der Waals surface area contributed by atoms with Crippen LogP contribution in [0, 0.1) is 10.8 Å². The van der Waals surface area contributed by atoms with Gasteiger partial charge in [-0.2, -0.15) is 0 Å². The molecule has 1 heterocycles. The first-order chi connectivity index (χ1) is 20.0. The van der Waals surface area contributed by atoms with Crippen LogP contribution < -0.4 is 4.74 Å². The molecule has 4 nitrogen and oxygen atoms in total. The number of carbonyl (C=O) groups is 2. The van der Waals surface area contributed by atoms with E-state index in [0.717, 1.165) is 56.7 Å². The van der Waals surface area contributed by atoms with Crippen LogP contribution >= 0.6 is 15.9 Å². The number of Topliss-reactive ketones (excluding diaryl/α,β-unsaturated/α-hetero) is 2. The van der Waals surface area contributed by atoms with Crippen molar-refractivity contribution in [3.63, 3.8) is 0 Å². The van der Waals surface area contributed by atoms with Gasteiger partial charge in [-0.15, -0.1) is 0 Å². The van der Waals surface area contributed by atoms with Gasteiger partial charge in [-0.3, -0.25) is 9.59 Å². The molecule has 6 rings (SSSR count). The van der Waals surface area contributed by atoms with Crippen molar-refractivity contribution in [2.24, 2.45) is 10.8 Å². The summed E-state index contributed by atoms with van der Waals surface area (Å²) < 4.78 is 7.12. The van der Waals surface area contributed by atoms with Crippen LogP contribution in [-0.2, 0) is 22.7 Å². The van der Waals surface area contributed by atoms with E-state index in [2.05, 4.69) is 72.8 Å². The molecule has 0 aromatic heterocycles. The van der Waals surface area contributed by atoms with E-state index in [1.165, 1.54) is 5.56 Å². The maximum Gasteiger partial charge on any atom is 0.162 e. The lowest BCUT2D eigenvalue weighted by molar-refractivity contribution is -0.119. The third-order valence-electron chi connectivity index (χ3n) is 8.74. The summed E-state index contributed by atoms with van der Waals surface area (Å²) in [6, 6.07) is 26.5. The number of allylic oxidation sites excluding steroid dienone is 4. The molecule has 0 fully saturated rings. The monoisotopic (exact) mass is 623 g/mol. The third-order valence-corrected chi connectivity index (χ3v) is 9.27. The molecule has 2 aliphatic carbocycles. The second kappa shape index (κ2) is 11.0. The van der Waals surface area contributed by atoms with E-state index in [1.807, 2.05) is 54.6 Å². The van der Waals surface area contributed by atoms with E-state index in [9.17, 15) is 9.59 Å². The van der Waals surface area contributed by atoms with Crippen LogP contribution in [0.4, 0.5) is 0 Å². The van der Waals surface area contributed by atoms with Crippen molar-refractivity contribution in [1.82, 2.24) is 4.90 Å². The Morgan fingerprint density at radius 3 is 1.81 bits per heavy atom. The van der Waals surface area contributed by atoms with E-state index in [4.69, 9.17) is 4.74 Å². The fourth-order valence-electron chi connectivity index (χ4n) is 6.84. The second-order valence-electron chi connectivity index (χ2n) is 13.6. The predicted molar refractivity (Wildman–Crippen MR) is 170 cm³/mol. The standard InChI is InChI=1S/C37H38BrNO3/c1-36(2)18-29-34(31(40)20-36)33(26-12-16-28(17-13-26)42-23-25-10-14-27(38)15-11-25)35-30(19-37(3,4)21-32(35)41)39(29)22-24-8-6-5-7-9-24/h5-17,33H,18-23H2,1-4H3. The van der Waals surface area contributed by atoms with Gasteiger partial charge in [0.2, 0.25) is 0 Å². The predicted octanol–water partition coefficient (Wildman–Crippen LogP) is 8.91. The summed E-state index contributed by atoms with van der Waals surface area (Å²) >= 11 is 3.48. The lowest BCUT2D eigenvalue weighted by atomic mass is 9.63. The van der Waals surface area contributed by atoms with Gasteiger partial charge in [-0.1, -0.05) is 98.2 Å². The number of hydrogen-bond acceptors (Lipinski definition) is 4. The Bertz CT molecular complexity index is 1530. The van der Waals surface area contributed by atoms with Crippen molar-refractivity contribution in [3.05, 3.63) is 123 Å². The van der Waals surface area contributed by atoms with E-state index in [0.29, 0.717) is 26.0 Å². The van der Waals surface area contributed by atoms with Crippen molar-refractivity contribution in [1.29, 1.82) is 0 Å². The van der Waals surface area contributed by atoms with Crippen molar-refractivity contribution >= 4 is 27.5 Å². The molecule has 0 amide bonds. The van der Waals surface area contributed by atoms with Crippen LogP contribution in [0.3, 0.4) is 0 Å². The first kappa shape index (κ1) is 28.7. The molecule has 3 aromatic carbocycles. The summed E-state index contributed by atoms with van der Waals surface area (Å²) in [5.74, 6) is 0.724. The molecule has 0 N–H and O–H groups in total. The third kappa shape index (κ3) is 5.76. The maximum absolute atomic E-state index is 14.0. The van der Waals surface area contributed by atoms with E-state index in [1.54, 1.807) is 0 Å². The van der Waals surface area contributed by atoms with Gasteiger partial charge >= 0.3 is 0 Å². The topological polar surface area (TPSA) is 46.6 Å². The Kier molecular flexibility index (Phi) is 7.51. The molecule has 0 radical (unpaired) electrons. The van der Waals surface area contributed by atoms with Crippen LogP contribution in [0.5, 0.6) is 5.75 Å². The number of carbonyl (C=O) groups excluding carboxylic acids is 2. The molecule has 5 heteroatoms. The zero-order chi connectivity index (χ0) is 29.6. The molecule has 42 heavy (non-hydrogen) atoms. The SMILES string of the molecule is CC1(C)CC(=O)C2=C(C1)N(Cc1ccccc1)C1=C(C(=O)CC(C)(C)C1)C2c1ccc(OCc2ccc(Br)cc2)cc1. The van der Waals surface area contributed by atoms with E-state index >= 15 is 0 Å². The number of nitrogens with zero attached hydrogens (tertiary/aromatic N) is 1. The zero-order valence-corrected chi connectivity index (χ0v) is 26.5. The number of ether oxygens (including phenoxy) is 1. The van der Waals surface area contributed by atoms with E-state index in [-0.39, 0.29) is 28.3 Å². The van der Waals surface area contributed by atoms with Crippen LogP contribution in [0.25, 0.3) is 0 Å². The summed E-state index contributed by atoms with van der Waals surface area (Å²) in [6.07, 6.45) is 2.57. The van der Waals surface area contributed by atoms with Gasteiger partial charge in [-0.25, -0.2) is 0 Å². The highest BCUT2D eigenvalue weighted by Gasteiger charge is 2.48. The molecule has 216 valence electrons. The Hall–Kier alpha value is -3.44. The molecule has 0 bridgehead atoms. The number of ketones is 2. The van der Waals surface area contributed by atoms with Gasteiger partial charge in [0.25, 0.3) is 0 Å². The average Bonchev–Trinajstić information content (AvgIpc) is 2.93. The molecule has 1 aliphatic heterocycles. The normalized spacial score (nSPS) is 20.0. The van der Waals surface area contributed by atoms with Crippen molar-refractivity contribution in [2.75, 3.05) is 0 Å². The summed E-state index contributed by atoms with van der Waals surface area (Å²) in [7, 11) is 0. The molecule has 3 aliphatic rings. The Morgan fingerprint density at radius 1 is 0.714 bits per heavy atom. The summed E-state index contributed by atoms with van der Waals surface area (Å²) in [5, 5.41) is 0. The van der Waals surface area contributed by atoms with E-state index < -0.39 is 0 Å². The summed E-state index contributed by atoms with van der Waals surface area (Å²) in [6.45, 7) is 9.85. The fraction of sp³-hybridized carbons (Fsp3) is 0.351. The van der Waals surface area contributed by atoms with Crippen LogP contribution in [0.2, 0.25) is 0 Å². The minimum Gasteiger partial charge on any atom is -0.489 e. The van der Waals surface area contributed by atoms with Gasteiger partial charge in [0.1, 0.15) is 12.4 Å². The highest BCUT2D eigenvalue weighted by Crippen LogP contribution is 2.54. The van der Waals surface area contributed by atoms with Crippen molar-refractivity contribution in [3.8, 4) is 5.75 Å². The quantitative estimate of drug-likeness (QED) is 0.275. The summed E-state index contributed by atoms with van der Waals surface area (Å²) in [4.78, 5) is 30.4. The molecule has 0 saturated heterocycles. The smallest absolute Gasteiger partial charge is 0.162 e. The number of rotatable bonds is 6. The number of benzene rings is 3. The first-order valence-corrected chi connectivity index (χ1v) is 15.6. The van der Waals surface area contributed by atoms with Gasteiger partial charge in [-0.05, 0) is 64.6 Å². The zero-order valence-electron chi connectivity index (χ0n) is 24.9. The highest BCUT2D eigenvalue weighted by atomic mass is 79.9. The fourth-order valence-corrected chi connectivity index (χ4v) is 7.11. The van der Waals surface area contributed by atoms with Gasteiger partial charge in [0.05, 0.1) is 0 Å². The largest absolute Gasteiger partial charge is 0.489 e. The molecule has 0 spiro atoms. The van der Waals surface area contributed by atoms with Gasteiger partial charge in [0.15, 0.2) is 11.6 Å². The molecular formula is C37H38BrNO3. The van der Waals surface area contributed by atoms with Crippen LogP contribution in [-0.4, -0.2) is 16.5 Å². The Labute approximate surface area is 257 Å². The minimum atomic E-state index is -0.352. The van der Waals surface area contributed by atoms with Gasteiger partial charge in [0, 0.05) is 52.3 Å². The summed E-state index contributed by atoms with van der Waals surface area (Å²) in [5.41, 5.74) is 6.73. The van der Waals surface area contributed by atoms with Crippen LogP contribution in [0.1, 0.15) is 76.0 Å². The minimum absolute atomic E-state index is 0.146. The molecule has 0 saturated carbocycles. The average molecular weight is 625 g/mol. The second-order valence-corrected chi connectivity index (χ2v) is 14.5. The van der Waals surface area contributed by atoms with Crippen molar-refractivity contribution in [2.45, 2.75) is 72.4 Å². The highest BCUT2D eigenvalue weighted by molar-refractivity contribution is 9.10. The molecule has 0 unspecified atom stereocenters. The first-order valence-electron chi connectivity index (χ1n) is 14.8. The van der Waals surface area contributed by atoms with Gasteiger partial charge < -0.3 is 9.64 Å². The lowest BCUT2D eigenvalue weighted by Crippen LogP contribution is -2.44. The molecule has 3 aromatic rings. The lowest BCUT2D eigenvalue weighted by Gasteiger charge is -2.49. The number of halogens is 1. The number of hydrogen-bond donors (Lipinski definition) is 0. The molecule has 0 atom stereocenters. The Balaban J connectivity index is 1.42. The van der Waals surface area contributed by atoms with Crippen LogP contribution in [0.15, 0.2) is 106 Å². The Morgan fingerprint density at radius 2 is 1.26 bits per heavy atom. The maximum atomic E-state index is 14.0. The van der Waals surface area contributed by atoms with Crippen molar-refractivity contribution < 1.29 is 14.3 Å².